The van der Waals surface area contributed by atoms with E-state index in [4.69, 9.17) is 0 Å². The molecule has 0 aromatic carbocycles. The van der Waals surface area contributed by atoms with Gasteiger partial charge in [-0.3, -0.25) is 14.7 Å². The normalized spacial score (nSPS) is 24.8. The summed E-state index contributed by atoms with van der Waals surface area (Å²) in [6.07, 6.45) is 3.07. The summed E-state index contributed by atoms with van der Waals surface area (Å²) in [5, 5.41) is 12.6. The highest BCUT2D eigenvalue weighted by molar-refractivity contribution is 5.73. The molecule has 1 aliphatic rings. The quantitative estimate of drug-likeness (QED) is 0.759. The standard InChI is InChI=1S/C12H17N3O2/c1-9(16)14-11-7-15(8-12(11)17)6-10-3-2-4-13-5-10/h2-5,11-12,17H,6-8H2,1H3,(H,14,16)/t11-,12-/m1/s1. The zero-order chi connectivity index (χ0) is 12.3. The summed E-state index contributed by atoms with van der Waals surface area (Å²) in [4.78, 5) is 17.1. The van der Waals surface area contributed by atoms with Crippen LogP contribution in [0, 0.1) is 0 Å². The number of likely N-dealkylation sites (tertiary alicyclic amines) is 1. The number of aromatic nitrogens is 1. The number of hydrogen-bond donors (Lipinski definition) is 2. The fourth-order valence-electron chi connectivity index (χ4n) is 2.15. The molecule has 1 fully saturated rings. The number of rotatable bonds is 3. The molecule has 0 aliphatic carbocycles. The average molecular weight is 235 g/mol. The first-order valence-corrected chi connectivity index (χ1v) is 5.71. The molecule has 2 heterocycles. The molecule has 5 heteroatoms. The van der Waals surface area contributed by atoms with Gasteiger partial charge >= 0.3 is 0 Å². The third kappa shape index (κ3) is 3.25. The topological polar surface area (TPSA) is 65.5 Å². The van der Waals surface area contributed by atoms with Gasteiger partial charge in [0.25, 0.3) is 0 Å². The Morgan fingerprint density at radius 3 is 3.12 bits per heavy atom. The smallest absolute Gasteiger partial charge is 0.217 e. The van der Waals surface area contributed by atoms with E-state index in [1.807, 2.05) is 18.3 Å². The monoisotopic (exact) mass is 235 g/mol. The summed E-state index contributed by atoms with van der Waals surface area (Å²) < 4.78 is 0. The molecule has 1 amide bonds. The van der Waals surface area contributed by atoms with Crippen LogP contribution in [-0.4, -0.2) is 46.1 Å². The number of aliphatic hydroxyl groups is 1. The molecular weight excluding hydrogens is 218 g/mol. The Morgan fingerprint density at radius 2 is 2.47 bits per heavy atom. The van der Waals surface area contributed by atoms with E-state index in [1.54, 1.807) is 6.20 Å². The van der Waals surface area contributed by atoms with Gasteiger partial charge < -0.3 is 10.4 Å². The molecule has 1 aromatic heterocycles. The second-order valence-electron chi connectivity index (χ2n) is 4.43. The van der Waals surface area contributed by atoms with E-state index in [2.05, 4.69) is 15.2 Å². The Balaban J connectivity index is 1.91. The van der Waals surface area contributed by atoms with Crippen LogP contribution in [0.3, 0.4) is 0 Å². The fraction of sp³-hybridized carbons (Fsp3) is 0.500. The van der Waals surface area contributed by atoms with Crippen molar-refractivity contribution in [2.75, 3.05) is 13.1 Å². The van der Waals surface area contributed by atoms with Crippen LogP contribution in [-0.2, 0) is 11.3 Å². The third-order valence-electron chi connectivity index (χ3n) is 2.88. The van der Waals surface area contributed by atoms with Crippen molar-refractivity contribution < 1.29 is 9.90 Å². The number of nitrogens with zero attached hydrogens (tertiary/aromatic N) is 2. The van der Waals surface area contributed by atoms with Crippen molar-refractivity contribution in [3.05, 3.63) is 30.1 Å². The maximum atomic E-state index is 11.0. The fourth-order valence-corrected chi connectivity index (χ4v) is 2.15. The molecule has 1 saturated heterocycles. The van der Waals surface area contributed by atoms with Crippen molar-refractivity contribution in [3.63, 3.8) is 0 Å². The number of nitrogens with one attached hydrogen (secondary N) is 1. The molecule has 0 radical (unpaired) electrons. The maximum absolute atomic E-state index is 11.0. The van der Waals surface area contributed by atoms with Crippen LogP contribution in [0.2, 0.25) is 0 Å². The molecule has 0 unspecified atom stereocenters. The highest BCUT2D eigenvalue weighted by atomic mass is 16.3. The first-order chi connectivity index (χ1) is 8.15. The molecule has 0 saturated carbocycles. The molecule has 2 rings (SSSR count). The molecule has 1 aliphatic heterocycles. The highest BCUT2D eigenvalue weighted by Gasteiger charge is 2.31. The third-order valence-corrected chi connectivity index (χ3v) is 2.88. The first kappa shape index (κ1) is 12.0. The molecule has 92 valence electrons. The van der Waals surface area contributed by atoms with Gasteiger partial charge in [-0.2, -0.15) is 0 Å². The lowest BCUT2D eigenvalue weighted by Crippen LogP contribution is -2.41. The van der Waals surface area contributed by atoms with Gasteiger partial charge in [0.15, 0.2) is 0 Å². The maximum Gasteiger partial charge on any atom is 0.217 e. The van der Waals surface area contributed by atoms with Crippen LogP contribution in [0.5, 0.6) is 0 Å². The summed E-state index contributed by atoms with van der Waals surface area (Å²) in [5.74, 6) is -0.0997. The van der Waals surface area contributed by atoms with Gasteiger partial charge in [-0.1, -0.05) is 6.07 Å². The van der Waals surface area contributed by atoms with Crippen molar-refractivity contribution >= 4 is 5.91 Å². The van der Waals surface area contributed by atoms with E-state index in [1.165, 1.54) is 6.92 Å². The average Bonchev–Trinajstić information content (AvgIpc) is 2.59. The van der Waals surface area contributed by atoms with Crippen molar-refractivity contribution in [3.8, 4) is 0 Å². The highest BCUT2D eigenvalue weighted by Crippen LogP contribution is 2.13. The SMILES string of the molecule is CC(=O)N[C@@H]1CN(Cc2cccnc2)C[C@H]1O. The number of pyridine rings is 1. The number of carbonyl (C=O) groups is 1. The van der Waals surface area contributed by atoms with Gasteiger partial charge in [-0.25, -0.2) is 0 Å². The predicted molar refractivity (Wildman–Crippen MR) is 63.1 cm³/mol. The van der Waals surface area contributed by atoms with Gasteiger partial charge in [-0.05, 0) is 11.6 Å². The molecule has 2 N–H and O–H groups in total. The Bertz CT molecular complexity index is 383. The molecule has 0 bridgehead atoms. The van der Waals surface area contributed by atoms with E-state index in [0.717, 1.165) is 12.1 Å². The van der Waals surface area contributed by atoms with Gasteiger partial charge in [-0.15, -0.1) is 0 Å². The molecule has 2 atom stereocenters. The van der Waals surface area contributed by atoms with E-state index in [0.29, 0.717) is 13.1 Å². The zero-order valence-electron chi connectivity index (χ0n) is 9.84. The minimum absolute atomic E-state index is 0.0997. The molecule has 0 spiro atoms. The Labute approximate surface area is 100 Å². The number of hydrogen-bond acceptors (Lipinski definition) is 4. The Kier molecular flexibility index (Phi) is 3.71. The molecule has 1 aromatic rings. The summed E-state index contributed by atoms with van der Waals surface area (Å²) in [7, 11) is 0. The second-order valence-corrected chi connectivity index (χ2v) is 4.43. The van der Waals surface area contributed by atoms with Gasteiger partial charge in [0.2, 0.25) is 5.91 Å². The van der Waals surface area contributed by atoms with Crippen LogP contribution in [0.1, 0.15) is 12.5 Å². The minimum atomic E-state index is -0.490. The van der Waals surface area contributed by atoms with Crippen LogP contribution < -0.4 is 5.32 Å². The van der Waals surface area contributed by atoms with E-state index in [-0.39, 0.29) is 11.9 Å². The number of carbonyl (C=O) groups excluding carboxylic acids is 1. The molecule has 17 heavy (non-hydrogen) atoms. The minimum Gasteiger partial charge on any atom is -0.390 e. The second kappa shape index (κ2) is 5.25. The Hall–Kier alpha value is -1.46. The van der Waals surface area contributed by atoms with E-state index in [9.17, 15) is 9.90 Å². The van der Waals surface area contributed by atoms with E-state index < -0.39 is 6.10 Å². The van der Waals surface area contributed by atoms with Gasteiger partial charge in [0.05, 0.1) is 12.1 Å². The molecular formula is C12H17N3O2. The van der Waals surface area contributed by atoms with Crippen molar-refractivity contribution in [1.82, 2.24) is 15.2 Å². The summed E-state index contributed by atoms with van der Waals surface area (Å²) in [5.41, 5.74) is 1.11. The van der Waals surface area contributed by atoms with Gasteiger partial charge in [0.1, 0.15) is 0 Å². The lowest BCUT2D eigenvalue weighted by molar-refractivity contribution is -0.120. The van der Waals surface area contributed by atoms with Crippen LogP contribution in [0.4, 0.5) is 0 Å². The van der Waals surface area contributed by atoms with Crippen molar-refractivity contribution in [2.45, 2.75) is 25.6 Å². The number of amides is 1. The number of β-amino-alcohol motifs (C(OH)–C–C–N with tert-alkyl or cyclic N) is 1. The van der Waals surface area contributed by atoms with Crippen LogP contribution in [0.25, 0.3) is 0 Å². The number of aliphatic hydroxyl groups excluding tert-OH is 1. The summed E-state index contributed by atoms with van der Waals surface area (Å²) in [6, 6.07) is 3.74. The summed E-state index contributed by atoms with van der Waals surface area (Å²) >= 11 is 0. The lowest BCUT2D eigenvalue weighted by Gasteiger charge is -2.15. The van der Waals surface area contributed by atoms with Crippen molar-refractivity contribution in [1.29, 1.82) is 0 Å². The van der Waals surface area contributed by atoms with Crippen LogP contribution in [0.15, 0.2) is 24.5 Å². The zero-order valence-corrected chi connectivity index (χ0v) is 9.84. The Morgan fingerprint density at radius 1 is 1.65 bits per heavy atom. The van der Waals surface area contributed by atoms with Gasteiger partial charge in [0, 0.05) is 39.0 Å². The van der Waals surface area contributed by atoms with Crippen LogP contribution >= 0.6 is 0 Å². The largest absolute Gasteiger partial charge is 0.390 e. The van der Waals surface area contributed by atoms with E-state index >= 15 is 0 Å². The lowest BCUT2D eigenvalue weighted by atomic mass is 10.2. The summed E-state index contributed by atoms with van der Waals surface area (Å²) in [6.45, 7) is 3.48. The van der Waals surface area contributed by atoms with Crippen molar-refractivity contribution in [2.24, 2.45) is 0 Å². The predicted octanol–water partition coefficient (Wildman–Crippen LogP) is -0.237. The molecule has 5 nitrogen and oxygen atoms in total. The first-order valence-electron chi connectivity index (χ1n) is 5.71.